The number of nitrogens with zero attached hydrogens (tertiary/aromatic N) is 2. The van der Waals surface area contributed by atoms with Crippen molar-refractivity contribution in [2.45, 2.75) is 26.8 Å². The van der Waals surface area contributed by atoms with Gasteiger partial charge >= 0.3 is 0 Å². The van der Waals surface area contributed by atoms with E-state index >= 15 is 0 Å². The van der Waals surface area contributed by atoms with Crippen LogP contribution in [0.3, 0.4) is 0 Å². The summed E-state index contributed by atoms with van der Waals surface area (Å²) in [5, 5.41) is 5.62. The van der Waals surface area contributed by atoms with E-state index in [2.05, 4.69) is 15.5 Å². The Morgan fingerprint density at radius 2 is 1.67 bits per heavy atom. The SMILES string of the molecule is CCN(CC(=O)Nc1ccc(N2CCOCC2)cc1)C(=O)C(NC(=O)COc1ccccc1)C(C)C. The van der Waals surface area contributed by atoms with Crippen LogP contribution in [-0.4, -0.2) is 74.7 Å². The van der Waals surface area contributed by atoms with Crippen LogP contribution in [0.4, 0.5) is 11.4 Å². The molecular formula is C27H36N4O5. The van der Waals surface area contributed by atoms with Gasteiger partial charge in [-0.1, -0.05) is 32.0 Å². The molecule has 194 valence electrons. The Morgan fingerprint density at radius 3 is 2.28 bits per heavy atom. The Morgan fingerprint density at radius 1 is 1.00 bits per heavy atom. The minimum atomic E-state index is -0.766. The maximum absolute atomic E-state index is 13.2. The Kier molecular flexibility index (Phi) is 10.1. The quantitative estimate of drug-likeness (QED) is 0.496. The predicted octanol–water partition coefficient (Wildman–Crippen LogP) is 2.53. The lowest BCUT2D eigenvalue weighted by Crippen LogP contribution is -2.53. The van der Waals surface area contributed by atoms with Crippen LogP contribution in [0.1, 0.15) is 20.8 Å². The summed E-state index contributed by atoms with van der Waals surface area (Å²) in [6, 6.07) is 15.9. The molecule has 0 spiro atoms. The van der Waals surface area contributed by atoms with Gasteiger partial charge in [-0.3, -0.25) is 14.4 Å². The fourth-order valence-corrected chi connectivity index (χ4v) is 3.89. The normalized spacial score (nSPS) is 14.2. The molecule has 0 bridgehead atoms. The monoisotopic (exact) mass is 496 g/mol. The first kappa shape index (κ1) is 27.0. The molecule has 1 heterocycles. The van der Waals surface area contributed by atoms with Gasteiger partial charge in [0.2, 0.25) is 11.8 Å². The van der Waals surface area contributed by atoms with Gasteiger partial charge in [0.25, 0.3) is 5.91 Å². The van der Waals surface area contributed by atoms with Crippen LogP contribution in [0.15, 0.2) is 54.6 Å². The molecule has 0 aromatic heterocycles. The molecule has 3 rings (SSSR count). The first-order valence-corrected chi connectivity index (χ1v) is 12.4. The number of carbonyl (C=O) groups is 3. The molecule has 1 fully saturated rings. The van der Waals surface area contributed by atoms with Crippen LogP contribution in [0.2, 0.25) is 0 Å². The molecule has 36 heavy (non-hydrogen) atoms. The molecule has 1 unspecified atom stereocenters. The topological polar surface area (TPSA) is 100 Å². The lowest BCUT2D eigenvalue weighted by Gasteiger charge is -2.29. The molecule has 9 nitrogen and oxygen atoms in total. The number of para-hydroxylation sites is 1. The second kappa shape index (κ2) is 13.5. The predicted molar refractivity (Wildman–Crippen MR) is 139 cm³/mol. The van der Waals surface area contributed by atoms with E-state index in [1.807, 2.05) is 56.3 Å². The van der Waals surface area contributed by atoms with Gasteiger partial charge in [0, 0.05) is 31.0 Å². The van der Waals surface area contributed by atoms with Crippen molar-refractivity contribution in [1.29, 1.82) is 0 Å². The molecule has 1 atom stereocenters. The van der Waals surface area contributed by atoms with Gasteiger partial charge in [0.1, 0.15) is 11.8 Å². The van der Waals surface area contributed by atoms with Crippen molar-refractivity contribution in [3.8, 4) is 5.75 Å². The molecule has 2 aromatic rings. The van der Waals surface area contributed by atoms with E-state index < -0.39 is 11.9 Å². The smallest absolute Gasteiger partial charge is 0.258 e. The highest BCUT2D eigenvalue weighted by atomic mass is 16.5. The first-order chi connectivity index (χ1) is 17.4. The van der Waals surface area contributed by atoms with Gasteiger partial charge in [-0.05, 0) is 49.2 Å². The minimum Gasteiger partial charge on any atom is -0.484 e. The summed E-state index contributed by atoms with van der Waals surface area (Å²) < 4.78 is 10.9. The summed E-state index contributed by atoms with van der Waals surface area (Å²) in [5.74, 6) is -0.594. The number of benzene rings is 2. The highest BCUT2D eigenvalue weighted by Crippen LogP contribution is 2.19. The fraction of sp³-hybridized carbons (Fsp3) is 0.444. The third kappa shape index (κ3) is 7.98. The summed E-state index contributed by atoms with van der Waals surface area (Å²) in [4.78, 5) is 42.0. The van der Waals surface area contributed by atoms with E-state index in [1.54, 1.807) is 19.1 Å². The molecule has 0 aliphatic carbocycles. The molecule has 2 aromatic carbocycles. The molecule has 9 heteroatoms. The van der Waals surface area contributed by atoms with E-state index in [0.717, 1.165) is 18.8 Å². The highest BCUT2D eigenvalue weighted by molar-refractivity contribution is 5.96. The van der Waals surface area contributed by atoms with Crippen LogP contribution in [0.5, 0.6) is 5.75 Å². The molecule has 1 saturated heterocycles. The molecular weight excluding hydrogens is 460 g/mol. The number of amides is 3. The van der Waals surface area contributed by atoms with Gasteiger partial charge in [0.15, 0.2) is 6.61 Å². The van der Waals surface area contributed by atoms with Gasteiger partial charge in [-0.2, -0.15) is 0 Å². The van der Waals surface area contributed by atoms with Gasteiger partial charge < -0.3 is 29.9 Å². The fourth-order valence-electron chi connectivity index (χ4n) is 3.89. The number of hydrogen-bond donors (Lipinski definition) is 2. The van der Waals surface area contributed by atoms with Crippen molar-refractivity contribution >= 4 is 29.1 Å². The van der Waals surface area contributed by atoms with Crippen molar-refractivity contribution in [3.05, 3.63) is 54.6 Å². The van der Waals surface area contributed by atoms with Crippen LogP contribution in [0, 0.1) is 5.92 Å². The van der Waals surface area contributed by atoms with E-state index in [9.17, 15) is 14.4 Å². The van der Waals surface area contributed by atoms with Crippen molar-refractivity contribution in [3.63, 3.8) is 0 Å². The zero-order valence-corrected chi connectivity index (χ0v) is 21.2. The number of hydrogen-bond acceptors (Lipinski definition) is 6. The summed E-state index contributed by atoms with van der Waals surface area (Å²) in [7, 11) is 0. The maximum Gasteiger partial charge on any atom is 0.258 e. The first-order valence-electron chi connectivity index (χ1n) is 12.4. The largest absolute Gasteiger partial charge is 0.484 e. The summed E-state index contributed by atoms with van der Waals surface area (Å²) in [5.41, 5.74) is 1.74. The molecule has 1 aliphatic rings. The van der Waals surface area contributed by atoms with E-state index in [0.29, 0.717) is 31.2 Å². The second-order valence-electron chi connectivity index (χ2n) is 8.94. The van der Waals surface area contributed by atoms with Crippen LogP contribution >= 0.6 is 0 Å². The minimum absolute atomic E-state index is 0.111. The number of rotatable bonds is 11. The van der Waals surface area contributed by atoms with E-state index in [1.165, 1.54) is 4.90 Å². The van der Waals surface area contributed by atoms with Gasteiger partial charge in [-0.15, -0.1) is 0 Å². The van der Waals surface area contributed by atoms with Crippen molar-refractivity contribution in [1.82, 2.24) is 10.2 Å². The molecule has 2 N–H and O–H groups in total. The number of likely N-dealkylation sites (N-methyl/N-ethyl adjacent to an activating group) is 1. The molecule has 3 amide bonds. The Labute approximate surface area is 212 Å². The average Bonchev–Trinajstić information content (AvgIpc) is 2.90. The number of carbonyl (C=O) groups excluding carboxylic acids is 3. The van der Waals surface area contributed by atoms with E-state index in [-0.39, 0.29) is 30.9 Å². The van der Waals surface area contributed by atoms with Gasteiger partial charge in [0.05, 0.1) is 19.8 Å². The number of ether oxygens (including phenoxy) is 2. The third-order valence-electron chi connectivity index (χ3n) is 5.92. The average molecular weight is 497 g/mol. The van der Waals surface area contributed by atoms with Gasteiger partial charge in [-0.25, -0.2) is 0 Å². The van der Waals surface area contributed by atoms with E-state index in [4.69, 9.17) is 9.47 Å². The maximum atomic E-state index is 13.2. The summed E-state index contributed by atoms with van der Waals surface area (Å²) in [6.07, 6.45) is 0. The molecule has 0 saturated carbocycles. The van der Waals surface area contributed by atoms with Crippen molar-refractivity contribution < 1.29 is 23.9 Å². The Bertz CT molecular complexity index is 991. The molecule has 0 radical (unpaired) electrons. The molecule has 1 aliphatic heterocycles. The van der Waals surface area contributed by atoms with Crippen molar-refractivity contribution in [2.75, 3.05) is 56.2 Å². The van der Waals surface area contributed by atoms with Crippen molar-refractivity contribution in [2.24, 2.45) is 5.92 Å². The zero-order chi connectivity index (χ0) is 25.9. The lowest BCUT2D eigenvalue weighted by atomic mass is 10.0. The van der Waals surface area contributed by atoms with Crippen LogP contribution in [-0.2, 0) is 19.1 Å². The Balaban J connectivity index is 1.53. The van der Waals surface area contributed by atoms with Crippen LogP contribution < -0.4 is 20.3 Å². The second-order valence-corrected chi connectivity index (χ2v) is 8.94. The number of anilines is 2. The zero-order valence-electron chi connectivity index (χ0n) is 21.2. The third-order valence-corrected chi connectivity index (χ3v) is 5.92. The Hall–Kier alpha value is -3.59. The van der Waals surface area contributed by atoms with Crippen LogP contribution in [0.25, 0.3) is 0 Å². The number of nitrogens with one attached hydrogen (secondary N) is 2. The lowest BCUT2D eigenvalue weighted by molar-refractivity contribution is -0.139. The summed E-state index contributed by atoms with van der Waals surface area (Å²) in [6.45, 7) is 8.62. The summed E-state index contributed by atoms with van der Waals surface area (Å²) >= 11 is 0. The highest BCUT2D eigenvalue weighted by Gasteiger charge is 2.29. The standard InChI is InChI=1S/C27H36N4O5/c1-4-30(18-24(32)28-21-10-12-22(13-11-21)31-14-16-35-17-15-31)27(34)26(20(2)3)29-25(33)19-36-23-8-6-5-7-9-23/h5-13,20,26H,4,14-19H2,1-3H3,(H,28,32)(H,29,33). The number of morpholine rings is 1.